The Bertz CT molecular complexity index is 478. The fourth-order valence-electron chi connectivity index (χ4n) is 1.62. The van der Waals surface area contributed by atoms with Gasteiger partial charge in [-0.1, -0.05) is 73.3 Å². The molecule has 2 aromatic rings. The summed E-state index contributed by atoms with van der Waals surface area (Å²) in [6.45, 7) is 3.87. The lowest BCUT2D eigenvalue weighted by atomic mass is 10.0. The van der Waals surface area contributed by atoms with Crippen LogP contribution >= 0.6 is 0 Å². The summed E-state index contributed by atoms with van der Waals surface area (Å²) in [5, 5.41) is 0. The molecule has 78 valence electrons. The summed E-state index contributed by atoms with van der Waals surface area (Å²) in [4.78, 5) is 0. The Labute approximate surface area is 96.6 Å². The van der Waals surface area contributed by atoms with Crippen LogP contribution in [-0.4, -0.2) is 0 Å². The van der Waals surface area contributed by atoms with E-state index < -0.39 is 0 Å². The molecule has 16 heavy (non-hydrogen) atoms. The van der Waals surface area contributed by atoms with Gasteiger partial charge in [0.2, 0.25) is 0 Å². The molecule has 0 saturated carbocycles. The van der Waals surface area contributed by atoms with E-state index in [0.717, 1.165) is 5.57 Å². The number of hydrogen-bond donors (Lipinski definition) is 0. The highest BCUT2D eigenvalue weighted by atomic mass is 14.0. The first-order valence-electron chi connectivity index (χ1n) is 5.35. The largest absolute Gasteiger partial charge is 0.0984 e. The molecule has 0 atom stereocenters. The van der Waals surface area contributed by atoms with Crippen molar-refractivity contribution in [2.75, 3.05) is 0 Å². The van der Waals surface area contributed by atoms with Gasteiger partial charge in [-0.05, 0) is 22.8 Å². The topological polar surface area (TPSA) is 0 Å². The molecule has 0 aromatic heterocycles. The van der Waals surface area contributed by atoms with Crippen LogP contribution in [0.5, 0.6) is 0 Å². The van der Waals surface area contributed by atoms with Crippen molar-refractivity contribution >= 4 is 11.6 Å². The summed E-state index contributed by atoms with van der Waals surface area (Å²) >= 11 is 0. The normalized spacial score (nSPS) is 11.1. The molecule has 2 rings (SSSR count). The summed E-state index contributed by atoms with van der Waals surface area (Å²) in [5.74, 6) is 0. The Balaban J connectivity index is 2.38. The Morgan fingerprint density at radius 2 is 1.38 bits per heavy atom. The molecule has 0 aliphatic carbocycles. The average Bonchev–Trinajstić information content (AvgIpc) is 2.38. The second-order valence-electron chi connectivity index (χ2n) is 3.58. The first-order valence-corrected chi connectivity index (χ1v) is 5.35. The van der Waals surface area contributed by atoms with Gasteiger partial charge in [-0.3, -0.25) is 0 Å². The minimum atomic E-state index is 1.15. The Morgan fingerprint density at radius 3 is 1.94 bits per heavy atom. The van der Waals surface area contributed by atoms with E-state index in [-0.39, 0.29) is 0 Å². The zero-order valence-corrected chi connectivity index (χ0v) is 9.14. The van der Waals surface area contributed by atoms with Crippen LogP contribution in [0.25, 0.3) is 11.6 Å². The van der Waals surface area contributed by atoms with Gasteiger partial charge in [-0.15, -0.1) is 0 Å². The van der Waals surface area contributed by atoms with Crippen LogP contribution in [0.3, 0.4) is 0 Å². The van der Waals surface area contributed by atoms with Crippen molar-refractivity contribution in [2.45, 2.75) is 0 Å². The molecule has 0 heteroatoms. The highest BCUT2D eigenvalue weighted by Gasteiger charge is 1.95. The molecule has 0 spiro atoms. The lowest BCUT2D eigenvalue weighted by molar-refractivity contribution is 1.62. The minimum absolute atomic E-state index is 1.15. The Morgan fingerprint density at radius 1 is 0.812 bits per heavy atom. The third-order valence-electron chi connectivity index (χ3n) is 2.45. The molecule has 0 heterocycles. The van der Waals surface area contributed by atoms with E-state index in [9.17, 15) is 0 Å². The summed E-state index contributed by atoms with van der Waals surface area (Å²) in [6.07, 6.45) is 4.03. The van der Waals surface area contributed by atoms with Gasteiger partial charge < -0.3 is 0 Å². The summed E-state index contributed by atoms with van der Waals surface area (Å²) in [5.41, 5.74) is 3.54. The lowest BCUT2D eigenvalue weighted by Gasteiger charge is -2.02. The van der Waals surface area contributed by atoms with E-state index in [1.54, 1.807) is 0 Å². The maximum absolute atomic E-state index is 3.87. The van der Waals surface area contributed by atoms with E-state index in [4.69, 9.17) is 0 Å². The van der Waals surface area contributed by atoms with Crippen LogP contribution in [0.2, 0.25) is 0 Å². The van der Waals surface area contributed by atoms with Crippen LogP contribution in [0.15, 0.2) is 73.3 Å². The second kappa shape index (κ2) is 5.13. The lowest BCUT2D eigenvalue weighted by Crippen LogP contribution is -1.80. The smallest absolute Gasteiger partial charge is 0.0184 e. The monoisotopic (exact) mass is 206 g/mol. The molecule has 0 bridgehead atoms. The predicted octanol–water partition coefficient (Wildman–Crippen LogP) is 4.41. The summed E-state index contributed by atoms with van der Waals surface area (Å²) in [7, 11) is 0. The summed E-state index contributed by atoms with van der Waals surface area (Å²) < 4.78 is 0. The molecular weight excluding hydrogens is 192 g/mol. The number of rotatable bonds is 3. The highest BCUT2D eigenvalue weighted by molar-refractivity contribution is 5.87. The number of allylic oxidation sites excluding steroid dienone is 2. The van der Waals surface area contributed by atoms with Gasteiger partial charge in [0.1, 0.15) is 0 Å². The SMILES string of the molecule is C=CC(=Cc1ccccc1)c1ccccc1. The van der Waals surface area contributed by atoms with Gasteiger partial charge in [0, 0.05) is 0 Å². The Hall–Kier alpha value is -2.08. The van der Waals surface area contributed by atoms with Gasteiger partial charge >= 0.3 is 0 Å². The van der Waals surface area contributed by atoms with Crippen LogP contribution < -0.4 is 0 Å². The van der Waals surface area contributed by atoms with Crippen LogP contribution in [0.1, 0.15) is 11.1 Å². The second-order valence-corrected chi connectivity index (χ2v) is 3.58. The fourth-order valence-corrected chi connectivity index (χ4v) is 1.62. The standard InChI is InChI=1S/C16H14/c1-2-15(16-11-7-4-8-12-16)13-14-9-5-3-6-10-14/h2-13H,1H2. The van der Waals surface area contributed by atoms with Gasteiger partial charge in [-0.2, -0.15) is 0 Å². The van der Waals surface area contributed by atoms with Crippen molar-refractivity contribution in [3.05, 3.63) is 84.4 Å². The average molecular weight is 206 g/mol. The molecule has 0 saturated heterocycles. The van der Waals surface area contributed by atoms with Crippen molar-refractivity contribution in [3.8, 4) is 0 Å². The van der Waals surface area contributed by atoms with Gasteiger partial charge in [-0.25, -0.2) is 0 Å². The van der Waals surface area contributed by atoms with Crippen molar-refractivity contribution < 1.29 is 0 Å². The first-order chi connectivity index (χ1) is 7.90. The van der Waals surface area contributed by atoms with Gasteiger partial charge in [0.25, 0.3) is 0 Å². The third-order valence-corrected chi connectivity index (χ3v) is 2.45. The molecule has 0 radical (unpaired) electrons. The molecule has 2 aromatic carbocycles. The maximum Gasteiger partial charge on any atom is -0.0184 e. The van der Waals surface area contributed by atoms with Crippen molar-refractivity contribution in [3.63, 3.8) is 0 Å². The minimum Gasteiger partial charge on any atom is -0.0984 e. The van der Waals surface area contributed by atoms with Crippen molar-refractivity contribution in [1.29, 1.82) is 0 Å². The molecule has 0 fully saturated rings. The van der Waals surface area contributed by atoms with Gasteiger partial charge in [0.05, 0.1) is 0 Å². The van der Waals surface area contributed by atoms with Gasteiger partial charge in [0.15, 0.2) is 0 Å². The summed E-state index contributed by atoms with van der Waals surface area (Å²) in [6, 6.07) is 20.6. The molecule has 0 nitrogen and oxygen atoms in total. The number of hydrogen-bond acceptors (Lipinski definition) is 0. The number of benzene rings is 2. The zero-order chi connectivity index (χ0) is 11.2. The van der Waals surface area contributed by atoms with Crippen LogP contribution in [0, 0.1) is 0 Å². The van der Waals surface area contributed by atoms with E-state index in [2.05, 4.69) is 36.9 Å². The van der Waals surface area contributed by atoms with E-state index in [0.29, 0.717) is 0 Å². The quantitative estimate of drug-likeness (QED) is 0.515. The van der Waals surface area contributed by atoms with E-state index in [1.807, 2.05) is 42.5 Å². The van der Waals surface area contributed by atoms with Crippen molar-refractivity contribution in [1.82, 2.24) is 0 Å². The molecule has 0 aliphatic heterocycles. The molecule has 0 amide bonds. The highest BCUT2D eigenvalue weighted by Crippen LogP contribution is 2.18. The van der Waals surface area contributed by atoms with Crippen LogP contribution in [-0.2, 0) is 0 Å². The first kappa shape index (κ1) is 10.4. The molecular formula is C16H14. The molecule has 0 aliphatic rings. The Kier molecular flexibility index (Phi) is 3.35. The fraction of sp³-hybridized carbons (Fsp3) is 0. The van der Waals surface area contributed by atoms with Crippen LogP contribution in [0.4, 0.5) is 0 Å². The third kappa shape index (κ3) is 2.48. The van der Waals surface area contributed by atoms with E-state index in [1.165, 1.54) is 11.1 Å². The predicted molar refractivity (Wildman–Crippen MR) is 71.0 cm³/mol. The molecule has 0 N–H and O–H groups in total. The van der Waals surface area contributed by atoms with E-state index >= 15 is 0 Å². The molecule has 0 unspecified atom stereocenters. The zero-order valence-electron chi connectivity index (χ0n) is 9.14. The van der Waals surface area contributed by atoms with Crippen molar-refractivity contribution in [2.24, 2.45) is 0 Å². The maximum atomic E-state index is 3.87.